The maximum Gasteiger partial charge on any atom is 1.00 e. The van der Waals surface area contributed by atoms with Crippen molar-refractivity contribution < 1.29 is 85.1 Å². The van der Waals surface area contributed by atoms with E-state index < -0.39 is 20.2 Å². The molecule has 0 aromatic rings. The first-order chi connectivity index (χ1) is 8.21. The Morgan fingerprint density at radius 3 is 1.20 bits per heavy atom. The third-order valence-corrected chi connectivity index (χ3v) is 5.71. The monoisotopic (exact) mass is 382 g/mol. The van der Waals surface area contributed by atoms with Crippen molar-refractivity contribution in [2.45, 2.75) is 12.8 Å². The van der Waals surface area contributed by atoms with Gasteiger partial charge in [0.1, 0.15) is 0 Å². The minimum absolute atomic E-state index is 0. The van der Waals surface area contributed by atoms with Crippen molar-refractivity contribution in [2.75, 3.05) is 34.5 Å². The van der Waals surface area contributed by atoms with Gasteiger partial charge in [0.15, 0.2) is 0 Å². The van der Waals surface area contributed by atoms with Crippen LogP contribution in [-0.4, -0.2) is 60.5 Å². The zero-order valence-corrected chi connectivity index (χ0v) is 19.0. The Morgan fingerprint density at radius 1 is 0.650 bits per heavy atom. The van der Waals surface area contributed by atoms with E-state index in [0.717, 1.165) is 11.5 Å². The fourth-order valence-electron chi connectivity index (χ4n) is 0.998. The zero-order valence-electron chi connectivity index (χ0n) is 11.7. The van der Waals surface area contributed by atoms with Gasteiger partial charge in [-0.2, -0.15) is 23.5 Å². The van der Waals surface area contributed by atoms with Gasteiger partial charge in [0.2, 0.25) is 0 Å². The summed E-state index contributed by atoms with van der Waals surface area (Å²) in [5.74, 6) is 2.22. The van der Waals surface area contributed by atoms with Crippen LogP contribution in [0.3, 0.4) is 0 Å². The molecule has 0 radical (unpaired) electrons. The summed E-state index contributed by atoms with van der Waals surface area (Å²) in [7, 11) is -8.20. The summed E-state index contributed by atoms with van der Waals surface area (Å²) in [5, 5.41) is 0. The summed E-state index contributed by atoms with van der Waals surface area (Å²) in [6.07, 6.45) is 0.713. The summed E-state index contributed by atoms with van der Waals surface area (Å²) in [4.78, 5) is 0. The first-order valence-corrected chi connectivity index (χ1v) is 10.7. The van der Waals surface area contributed by atoms with E-state index in [-0.39, 0.29) is 70.6 Å². The molecule has 0 N–H and O–H groups in total. The van der Waals surface area contributed by atoms with Gasteiger partial charge in [-0.25, -0.2) is 16.8 Å². The molecule has 6 nitrogen and oxygen atoms in total. The molecule has 0 aliphatic heterocycles. The van der Waals surface area contributed by atoms with E-state index in [1.807, 2.05) is 0 Å². The Bertz CT molecular complexity index is 371. The van der Waals surface area contributed by atoms with E-state index in [1.54, 1.807) is 23.5 Å². The van der Waals surface area contributed by atoms with Crippen molar-refractivity contribution in [1.29, 1.82) is 0 Å². The second-order valence-corrected chi connectivity index (χ2v) is 8.95. The minimum Gasteiger partial charge on any atom is -0.748 e. The maximum atomic E-state index is 10.3. The standard InChI is InChI=1S/C8H18O6S4.2Na/c9-17(10,11)7-1-3-15-5-6-16-4-2-8-18(12,13)14;;/h1-8H2,(H,9,10,11)(H,12,13,14);;/q;2*+1/p-2. The Morgan fingerprint density at radius 2 is 0.950 bits per heavy atom. The van der Waals surface area contributed by atoms with Crippen LogP contribution in [0.15, 0.2) is 0 Å². The van der Waals surface area contributed by atoms with Gasteiger partial charge >= 0.3 is 59.1 Å². The van der Waals surface area contributed by atoms with Crippen molar-refractivity contribution in [3.63, 3.8) is 0 Å². The van der Waals surface area contributed by atoms with Gasteiger partial charge in [0.05, 0.1) is 20.2 Å². The third kappa shape index (κ3) is 25.5. The molecule has 20 heavy (non-hydrogen) atoms. The van der Waals surface area contributed by atoms with Crippen LogP contribution in [0.2, 0.25) is 0 Å². The van der Waals surface area contributed by atoms with Crippen molar-refractivity contribution in [2.24, 2.45) is 0 Å². The molecule has 0 aliphatic carbocycles. The topological polar surface area (TPSA) is 114 Å². The summed E-state index contributed by atoms with van der Waals surface area (Å²) < 4.78 is 61.7. The molecule has 12 heteroatoms. The van der Waals surface area contributed by atoms with Crippen LogP contribution in [0.5, 0.6) is 0 Å². The van der Waals surface area contributed by atoms with Gasteiger partial charge in [-0.3, -0.25) is 0 Å². The van der Waals surface area contributed by atoms with Crippen LogP contribution < -0.4 is 59.1 Å². The SMILES string of the molecule is O=S(=O)([O-])CCCSCCSCCCS(=O)(=O)[O-].[Na+].[Na+]. The number of thioether (sulfide) groups is 2. The van der Waals surface area contributed by atoms with Crippen molar-refractivity contribution >= 4 is 43.8 Å². The normalized spacial score (nSPS) is 11.5. The average molecular weight is 382 g/mol. The van der Waals surface area contributed by atoms with Crippen molar-refractivity contribution in [3.05, 3.63) is 0 Å². The third-order valence-electron chi connectivity index (χ3n) is 1.74. The summed E-state index contributed by atoms with van der Waals surface area (Å²) in [5.41, 5.74) is 0. The molecule has 0 fully saturated rings. The van der Waals surface area contributed by atoms with Crippen molar-refractivity contribution in [3.8, 4) is 0 Å². The molecule has 0 heterocycles. The summed E-state index contributed by atoms with van der Waals surface area (Å²) >= 11 is 3.11. The van der Waals surface area contributed by atoms with Crippen LogP contribution >= 0.6 is 23.5 Å². The van der Waals surface area contributed by atoms with Gasteiger partial charge in [0.25, 0.3) is 0 Å². The Hall–Kier alpha value is 2.52. The molecular formula is C8H16Na2O6S4. The van der Waals surface area contributed by atoms with Crippen LogP contribution in [0.4, 0.5) is 0 Å². The predicted molar refractivity (Wildman–Crippen MR) is 73.0 cm³/mol. The molecule has 0 saturated carbocycles. The van der Waals surface area contributed by atoms with E-state index in [0.29, 0.717) is 24.3 Å². The second kappa shape index (κ2) is 15.1. The van der Waals surface area contributed by atoms with E-state index in [2.05, 4.69) is 0 Å². The van der Waals surface area contributed by atoms with Gasteiger partial charge in [0, 0.05) is 23.0 Å². The van der Waals surface area contributed by atoms with Gasteiger partial charge in [-0.05, 0) is 24.3 Å². The number of hydrogen-bond acceptors (Lipinski definition) is 8. The second-order valence-electron chi connectivity index (χ2n) is 3.46. The molecule has 0 atom stereocenters. The molecule has 110 valence electrons. The molecule has 0 aliphatic rings. The van der Waals surface area contributed by atoms with E-state index in [1.165, 1.54) is 0 Å². The molecule has 0 unspecified atom stereocenters. The van der Waals surface area contributed by atoms with Gasteiger partial charge < -0.3 is 9.11 Å². The summed E-state index contributed by atoms with van der Waals surface area (Å²) in [6.45, 7) is 0. The maximum absolute atomic E-state index is 10.3. The Labute approximate surface area is 174 Å². The largest absolute Gasteiger partial charge is 1.00 e. The number of hydrogen-bond donors (Lipinski definition) is 0. The van der Waals surface area contributed by atoms with Gasteiger partial charge in [-0.1, -0.05) is 0 Å². The molecular weight excluding hydrogens is 366 g/mol. The fraction of sp³-hybridized carbons (Fsp3) is 1.00. The molecule has 0 amide bonds. The average Bonchev–Trinajstić information content (AvgIpc) is 2.17. The molecule has 0 spiro atoms. The first kappa shape index (κ1) is 27.4. The molecule has 0 bridgehead atoms. The number of rotatable bonds is 11. The minimum atomic E-state index is -4.10. The van der Waals surface area contributed by atoms with E-state index in [4.69, 9.17) is 0 Å². The molecule has 0 aromatic heterocycles. The smallest absolute Gasteiger partial charge is 0.748 e. The molecule has 0 aromatic carbocycles. The van der Waals surface area contributed by atoms with Gasteiger partial charge in [-0.15, -0.1) is 0 Å². The van der Waals surface area contributed by atoms with Crippen molar-refractivity contribution in [1.82, 2.24) is 0 Å². The molecule has 0 rings (SSSR count). The first-order valence-electron chi connectivity index (χ1n) is 5.23. The fourth-order valence-corrected chi connectivity index (χ4v) is 4.41. The quantitative estimate of drug-likeness (QED) is 0.197. The predicted octanol–water partition coefficient (Wildman–Crippen LogP) is -5.67. The van der Waals surface area contributed by atoms with Crippen LogP contribution in [0.25, 0.3) is 0 Å². The zero-order chi connectivity index (χ0) is 14.1. The van der Waals surface area contributed by atoms with Crippen LogP contribution in [0.1, 0.15) is 12.8 Å². The van der Waals surface area contributed by atoms with E-state index in [9.17, 15) is 25.9 Å². The van der Waals surface area contributed by atoms with E-state index >= 15 is 0 Å². The van der Waals surface area contributed by atoms with Crippen LogP contribution in [0, 0.1) is 0 Å². The van der Waals surface area contributed by atoms with Crippen LogP contribution in [-0.2, 0) is 20.2 Å². The Balaban J connectivity index is -0.00000144. The molecule has 0 saturated heterocycles. The Kier molecular flexibility index (Phi) is 20.6. The summed E-state index contributed by atoms with van der Waals surface area (Å²) in [6, 6.07) is 0.